The third-order valence-corrected chi connectivity index (χ3v) is 2.36. The lowest BCUT2D eigenvalue weighted by atomic mass is 10.2. The molecule has 0 aliphatic carbocycles. The van der Waals surface area contributed by atoms with Crippen molar-refractivity contribution in [2.75, 3.05) is 13.1 Å². The molecule has 2 rings (SSSR count). The Balaban J connectivity index is 1.95. The maximum atomic E-state index is 11.6. The fourth-order valence-corrected chi connectivity index (χ4v) is 1.59. The molecule has 1 aliphatic rings. The quantitative estimate of drug-likeness (QED) is 0.728. The minimum absolute atomic E-state index is 0.119. The van der Waals surface area contributed by atoms with Crippen molar-refractivity contribution in [1.29, 1.82) is 0 Å². The van der Waals surface area contributed by atoms with Crippen LogP contribution in [0.15, 0.2) is 16.5 Å². The predicted octanol–water partition coefficient (Wildman–Crippen LogP) is 0.680. The highest BCUT2D eigenvalue weighted by molar-refractivity contribution is 5.91. The van der Waals surface area contributed by atoms with Gasteiger partial charge in [-0.2, -0.15) is 0 Å². The molecule has 2 heterocycles. The third-order valence-electron chi connectivity index (χ3n) is 2.36. The Hall–Kier alpha value is -1.29. The molecule has 0 aromatic carbocycles. The fourth-order valence-electron chi connectivity index (χ4n) is 1.59. The topological polar surface area (TPSA) is 54.3 Å². The molecule has 2 N–H and O–H groups in total. The van der Waals surface area contributed by atoms with Gasteiger partial charge < -0.3 is 15.1 Å². The first kappa shape index (κ1) is 9.27. The van der Waals surface area contributed by atoms with Crippen LogP contribution in [-0.4, -0.2) is 25.0 Å². The van der Waals surface area contributed by atoms with Crippen molar-refractivity contribution in [2.24, 2.45) is 0 Å². The summed E-state index contributed by atoms with van der Waals surface area (Å²) in [7, 11) is 0. The summed E-state index contributed by atoms with van der Waals surface area (Å²) < 4.78 is 5.22. The molecule has 0 saturated carbocycles. The zero-order valence-corrected chi connectivity index (χ0v) is 8.17. The van der Waals surface area contributed by atoms with E-state index in [1.807, 2.05) is 6.92 Å². The first-order chi connectivity index (χ1) is 6.75. The van der Waals surface area contributed by atoms with E-state index in [1.165, 1.54) is 0 Å². The molecule has 1 aromatic rings. The number of furan rings is 1. The lowest BCUT2D eigenvalue weighted by Gasteiger charge is -2.08. The van der Waals surface area contributed by atoms with Crippen LogP contribution >= 0.6 is 0 Å². The summed E-state index contributed by atoms with van der Waals surface area (Å²) in [5.41, 5.74) is 0. The van der Waals surface area contributed by atoms with Gasteiger partial charge in [0, 0.05) is 12.6 Å². The van der Waals surface area contributed by atoms with Crippen molar-refractivity contribution < 1.29 is 9.21 Å². The summed E-state index contributed by atoms with van der Waals surface area (Å²) in [6, 6.07) is 3.74. The molecule has 1 fully saturated rings. The van der Waals surface area contributed by atoms with Gasteiger partial charge in [0.15, 0.2) is 5.76 Å². The summed E-state index contributed by atoms with van der Waals surface area (Å²) in [5, 5.41) is 6.10. The standard InChI is InChI=1S/C10H14N2O2/c1-7-2-3-9(14-7)10(13)12-8-4-5-11-6-8/h2-3,8,11H,4-6H2,1H3,(H,12,13)/t8-/m0/s1. The number of hydrogen-bond acceptors (Lipinski definition) is 3. The number of hydrogen-bond donors (Lipinski definition) is 2. The number of amides is 1. The Morgan fingerprint density at radius 3 is 3.07 bits per heavy atom. The Morgan fingerprint density at radius 2 is 2.50 bits per heavy atom. The normalized spacial score (nSPS) is 21.1. The largest absolute Gasteiger partial charge is 0.456 e. The molecule has 1 atom stereocenters. The molecule has 4 heteroatoms. The molecular formula is C10H14N2O2. The average molecular weight is 194 g/mol. The Morgan fingerprint density at radius 1 is 1.64 bits per heavy atom. The lowest BCUT2D eigenvalue weighted by Crippen LogP contribution is -2.35. The summed E-state index contributed by atoms with van der Waals surface area (Å²) in [6.45, 7) is 3.65. The van der Waals surface area contributed by atoms with E-state index in [4.69, 9.17) is 4.42 Å². The molecule has 0 spiro atoms. The van der Waals surface area contributed by atoms with Gasteiger partial charge in [-0.05, 0) is 32.0 Å². The van der Waals surface area contributed by atoms with Crippen molar-refractivity contribution >= 4 is 5.91 Å². The molecule has 1 aromatic heterocycles. The average Bonchev–Trinajstić information content (AvgIpc) is 2.75. The van der Waals surface area contributed by atoms with Crippen LogP contribution in [0, 0.1) is 6.92 Å². The number of aryl methyl sites for hydroxylation is 1. The SMILES string of the molecule is Cc1ccc(C(=O)N[C@H]2CCNC2)o1. The molecule has 14 heavy (non-hydrogen) atoms. The van der Waals surface area contributed by atoms with Crippen LogP contribution in [0.3, 0.4) is 0 Å². The summed E-state index contributed by atoms with van der Waals surface area (Å²) in [4.78, 5) is 11.6. The molecule has 0 unspecified atom stereocenters. The minimum Gasteiger partial charge on any atom is -0.456 e. The van der Waals surface area contributed by atoms with Crippen molar-refractivity contribution in [2.45, 2.75) is 19.4 Å². The van der Waals surface area contributed by atoms with Crippen molar-refractivity contribution in [3.63, 3.8) is 0 Å². The highest BCUT2D eigenvalue weighted by Gasteiger charge is 2.18. The molecule has 1 aliphatic heterocycles. The van der Waals surface area contributed by atoms with Gasteiger partial charge in [-0.1, -0.05) is 0 Å². The van der Waals surface area contributed by atoms with E-state index in [2.05, 4.69) is 10.6 Å². The van der Waals surface area contributed by atoms with E-state index < -0.39 is 0 Å². The van der Waals surface area contributed by atoms with Gasteiger partial charge >= 0.3 is 0 Å². The van der Waals surface area contributed by atoms with E-state index in [0.29, 0.717) is 5.76 Å². The van der Waals surface area contributed by atoms with Crippen molar-refractivity contribution in [3.05, 3.63) is 23.7 Å². The first-order valence-electron chi connectivity index (χ1n) is 4.84. The first-order valence-corrected chi connectivity index (χ1v) is 4.84. The zero-order valence-electron chi connectivity index (χ0n) is 8.17. The van der Waals surface area contributed by atoms with Crippen LogP contribution in [0.4, 0.5) is 0 Å². The molecule has 1 saturated heterocycles. The third kappa shape index (κ3) is 1.96. The highest BCUT2D eigenvalue weighted by atomic mass is 16.3. The number of nitrogens with one attached hydrogen (secondary N) is 2. The summed E-state index contributed by atoms with van der Waals surface area (Å²) in [5.74, 6) is 1.04. The maximum Gasteiger partial charge on any atom is 0.287 e. The number of carbonyl (C=O) groups excluding carboxylic acids is 1. The van der Waals surface area contributed by atoms with Gasteiger partial charge in [0.25, 0.3) is 5.91 Å². The zero-order chi connectivity index (χ0) is 9.97. The molecule has 76 valence electrons. The van der Waals surface area contributed by atoms with Crippen molar-refractivity contribution in [3.8, 4) is 0 Å². The Labute approximate surface area is 82.7 Å². The van der Waals surface area contributed by atoms with Gasteiger partial charge in [-0.15, -0.1) is 0 Å². The minimum atomic E-state index is -0.119. The van der Waals surface area contributed by atoms with Crippen LogP contribution in [0.25, 0.3) is 0 Å². The van der Waals surface area contributed by atoms with Crippen LogP contribution in [0.5, 0.6) is 0 Å². The Kier molecular flexibility index (Phi) is 2.54. The van der Waals surface area contributed by atoms with Gasteiger partial charge in [0.1, 0.15) is 5.76 Å². The van der Waals surface area contributed by atoms with Crippen LogP contribution in [0.2, 0.25) is 0 Å². The molecular weight excluding hydrogens is 180 g/mol. The Bertz CT molecular complexity index is 327. The van der Waals surface area contributed by atoms with Crippen LogP contribution in [0.1, 0.15) is 22.7 Å². The lowest BCUT2D eigenvalue weighted by molar-refractivity contribution is 0.0911. The number of carbonyl (C=O) groups is 1. The maximum absolute atomic E-state index is 11.6. The van der Waals surface area contributed by atoms with E-state index in [0.717, 1.165) is 25.3 Å². The van der Waals surface area contributed by atoms with Crippen LogP contribution < -0.4 is 10.6 Å². The number of rotatable bonds is 2. The van der Waals surface area contributed by atoms with E-state index in [1.54, 1.807) is 12.1 Å². The second-order valence-electron chi connectivity index (χ2n) is 3.57. The van der Waals surface area contributed by atoms with E-state index >= 15 is 0 Å². The smallest absolute Gasteiger partial charge is 0.287 e. The second kappa shape index (κ2) is 3.84. The summed E-state index contributed by atoms with van der Waals surface area (Å²) in [6.07, 6.45) is 0.991. The molecule has 1 amide bonds. The predicted molar refractivity (Wildman–Crippen MR) is 52.2 cm³/mol. The monoisotopic (exact) mass is 194 g/mol. The van der Waals surface area contributed by atoms with Gasteiger partial charge in [0.05, 0.1) is 0 Å². The van der Waals surface area contributed by atoms with Gasteiger partial charge in [0.2, 0.25) is 0 Å². The summed E-state index contributed by atoms with van der Waals surface area (Å²) >= 11 is 0. The van der Waals surface area contributed by atoms with Crippen molar-refractivity contribution in [1.82, 2.24) is 10.6 Å². The highest BCUT2D eigenvalue weighted by Crippen LogP contribution is 2.07. The van der Waals surface area contributed by atoms with E-state index in [-0.39, 0.29) is 11.9 Å². The second-order valence-corrected chi connectivity index (χ2v) is 3.57. The molecule has 0 bridgehead atoms. The van der Waals surface area contributed by atoms with Gasteiger partial charge in [-0.25, -0.2) is 0 Å². The van der Waals surface area contributed by atoms with Crippen LogP contribution in [-0.2, 0) is 0 Å². The van der Waals surface area contributed by atoms with Gasteiger partial charge in [-0.3, -0.25) is 4.79 Å². The molecule has 4 nitrogen and oxygen atoms in total. The fraction of sp³-hybridized carbons (Fsp3) is 0.500. The molecule has 0 radical (unpaired) electrons. The van der Waals surface area contributed by atoms with E-state index in [9.17, 15) is 4.79 Å².